The van der Waals surface area contributed by atoms with E-state index in [0.29, 0.717) is 5.76 Å². The molecule has 20 heavy (non-hydrogen) atoms. The van der Waals surface area contributed by atoms with Crippen molar-refractivity contribution in [3.8, 4) is 0 Å². The van der Waals surface area contributed by atoms with Crippen molar-refractivity contribution in [1.29, 1.82) is 0 Å². The summed E-state index contributed by atoms with van der Waals surface area (Å²) in [5.41, 5.74) is 0.813. The van der Waals surface area contributed by atoms with E-state index in [1.165, 1.54) is 18.3 Å². The van der Waals surface area contributed by atoms with Crippen LogP contribution in [-0.4, -0.2) is 13.4 Å². The van der Waals surface area contributed by atoms with Gasteiger partial charge in [0.25, 0.3) is 0 Å². The van der Waals surface area contributed by atoms with Gasteiger partial charge >= 0.3 is 0 Å². The van der Waals surface area contributed by atoms with Gasteiger partial charge < -0.3 is 4.42 Å². The number of aromatic nitrogens is 1. The molecular weight excluding hydrogens is 300 g/mol. The van der Waals surface area contributed by atoms with Gasteiger partial charge in [0, 0.05) is 17.8 Å². The average Bonchev–Trinajstić information content (AvgIpc) is 2.68. The number of halogens is 1. The summed E-state index contributed by atoms with van der Waals surface area (Å²) in [6.07, 6.45) is 1.23. The van der Waals surface area contributed by atoms with Gasteiger partial charge in [0.15, 0.2) is 0 Å². The largest absolute Gasteiger partial charge is 0.466 e. The van der Waals surface area contributed by atoms with Crippen LogP contribution < -0.4 is 4.72 Å². The Balaban J connectivity index is 2.24. The highest BCUT2D eigenvalue weighted by atomic mass is 35.5. The lowest BCUT2D eigenvalue weighted by Crippen LogP contribution is -2.27. The van der Waals surface area contributed by atoms with Gasteiger partial charge in [-0.2, -0.15) is 0 Å². The normalized spacial score (nSPS) is 13.4. The van der Waals surface area contributed by atoms with Crippen molar-refractivity contribution in [3.05, 3.63) is 46.6 Å². The second-order valence-corrected chi connectivity index (χ2v) is 6.63. The number of pyridine rings is 1. The van der Waals surface area contributed by atoms with E-state index in [-0.39, 0.29) is 10.0 Å². The number of aryl methyl sites for hydroxylation is 2. The standard InChI is InChI=1S/C13H15ClN2O3S/c1-8-6-12(10(3)19-8)9(2)16-20(17,18)11-4-5-13(14)15-7-11/h4-7,9,16H,1-3H3. The fourth-order valence-corrected chi connectivity index (χ4v) is 3.24. The summed E-state index contributed by atoms with van der Waals surface area (Å²) in [5, 5.41) is 0.248. The number of hydrogen-bond donors (Lipinski definition) is 1. The molecule has 5 nitrogen and oxygen atoms in total. The molecule has 0 aromatic carbocycles. The van der Waals surface area contributed by atoms with Gasteiger partial charge in [-0.15, -0.1) is 0 Å². The Labute approximate surface area is 123 Å². The van der Waals surface area contributed by atoms with E-state index in [0.717, 1.165) is 11.3 Å². The Bertz CT molecular complexity index is 708. The van der Waals surface area contributed by atoms with Crippen LogP contribution >= 0.6 is 11.6 Å². The molecule has 0 saturated heterocycles. The first kappa shape index (κ1) is 15.0. The van der Waals surface area contributed by atoms with Crippen LogP contribution in [0.15, 0.2) is 33.7 Å². The topological polar surface area (TPSA) is 72.2 Å². The van der Waals surface area contributed by atoms with Crippen molar-refractivity contribution in [2.24, 2.45) is 0 Å². The van der Waals surface area contributed by atoms with E-state index in [1.807, 2.05) is 13.0 Å². The second-order valence-electron chi connectivity index (χ2n) is 4.53. The zero-order valence-electron chi connectivity index (χ0n) is 11.3. The first-order valence-corrected chi connectivity index (χ1v) is 7.86. The fourth-order valence-electron chi connectivity index (χ4n) is 1.97. The first-order chi connectivity index (χ1) is 9.29. The highest BCUT2D eigenvalue weighted by molar-refractivity contribution is 7.89. The van der Waals surface area contributed by atoms with E-state index in [2.05, 4.69) is 9.71 Å². The second kappa shape index (κ2) is 5.55. The highest BCUT2D eigenvalue weighted by Gasteiger charge is 2.21. The van der Waals surface area contributed by atoms with Crippen molar-refractivity contribution >= 4 is 21.6 Å². The van der Waals surface area contributed by atoms with Crippen LogP contribution in [0.3, 0.4) is 0 Å². The molecule has 2 aromatic rings. The summed E-state index contributed by atoms with van der Waals surface area (Å²) in [6, 6.07) is 4.28. The van der Waals surface area contributed by atoms with Crippen LogP contribution in [-0.2, 0) is 10.0 Å². The van der Waals surface area contributed by atoms with Gasteiger partial charge in [0.1, 0.15) is 21.6 Å². The van der Waals surface area contributed by atoms with Crippen molar-refractivity contribution in [1.82, 2.24) is 9.71 Å². The molecule has 2 rings (SSSR count). The molecule has 2 aromatic heterocycles. The van der Waals surface area contributed by atoms with E-state index < -0.39 is 16.1 Å². The van der Waals surface area contributed by atoms with E-state index in [4.69, 9.17) is 16.0 Å². The molecule has 0 spiro atoms. The summed E-state index contributed by atoms with van der Waals surface area (Å²) in [5.74, 6) is 1.45. The molecule has 0 bridgehead atoms. The first-order valence-electron chi connectivity index (χ1n) is 6.00. The van der Waals surface area contributed by atoms with E-state index >= 15 is 0 Å². The number of nitrogens with one attached hydrogen (secondary N) is 1. The summed E-state index contributed by atoms with van der Waals surface area (Å²) in [6.45, 7) is 5.38. The van der Waals surface area contributed by atoms with E-state index in [9.17, 15) is 8.42 Å². The lowest BCUT2D eigenvalue weighted by atomic mass is 10.1. The third-order valence-electron chi connectivity index (χ3n) is 2.89. The maximum absolute atomic E-state index is 12.2. The summed E-state index contributed by atoms with van der Waals surface area (Å²) in [7, 11) is -3.64. The van der Waals surface area contributed by atoms with Crippen molar-refractivity contribution < 1.29 is 12.8 Å². The maximum atomic E-state index is 12.2. The maximum Gasteiger partial charge on any atom is 0.242 e. The van der Waals surface area contributed by atoms with Crippen LogP contribution in [0.4, 0.5) is 0 Å². The molecule has 7 heteroatoms. The van der Waals surface area contributed by atoms with Gasteiger partial charge in [-0.25, -0.2) is 18.1 Å². The predicted octanol–water partition coefficient (Wildman–Crippen LogP) is 2.98. The minimum atomic E-state index is -3.64. The van der Waals surface area contributed by atoms with Gasteiger partial charge in [-0.05, 0) is 39.0 Å². The number of sulfonamides is 1. The van der Waals surface area contributed by atoms with Gasteiger partial charge in [0.2, 0.25) is 10.0 Å². The molecule has 0 aliphatic carbocycles. The predicted molar refractivity (Wildman–Crippen MR) is 76.2 cm³/mol. The van der Waals surface area contributed by atoms with Gasteiger partial charge in [-0.1, -0.05) is 11.6 Å². The lowest BCUT2D eigenvalue weighted by Gasteiger charge is -2.13. The van der Waals surface area contributed by atoms with Crippen LogP contribution in [0.2, 0.25) is 5.15 Å². The third kappa shape index (κ3) is 3.20. The van der Waals surface area contributed by atoms with Crippen LogP contribution in [0.1, 0.15) is 30.0 Å². The van der Waals surface area contributed by atoms with Crippen LogP contribution in [0, 0.1) is 13.8 Å². The Morgan fingerprint density at radius 1 is 1.35 bits per heavy atom. The zero-order valence-corrected chi connectivity index (χ0v) is 12.9. The molecule has 2 heterocycles. The Morgan fingerprint density at radius 3 is 2.55 bits per heavy atom. The number of hydrogen-bond acceptors (Lipinski definition) is 4. The molecule has 1 unspecified atom stereocenters. The van der Waals surface area contributed by atoms with E-state index in [1.54, 1.807) is 13.8 Å². The number of nitrogens with zero attached hydrogens (tertiary/aromatic N) is 1. The van der Waals surface area contributed by atoms with Crippen LogP contribution in [0.25, 0.3) is 0 Å². The van der Waals surface area contributed by atoms with Crippen molar-refractivity contribution in [2.45, 2.75) is 31.7 Å². The molecule has 108 valence electrons. The minimum absolute atomic E-state index is 0.0756. The monoisotopic (exact) mass is 314 g/mol. The quantitative estimate of drug-likeness (QED) is 0.881. The zero-order chi connectivity index (χ0) is 14.9. The SMILES string of the molecule is Cc1cc(C(C)NS(=O)(=O)c2ccc(Cl)nc2)c(C)o1. The molecule has 0 amide bonds. The molecule has 0 aliphatic heterocycles. The molecule has 1 N–H and O–H groups in total. The van der Waals surface area contributed by atoms with Gasteiger partial charge in [-0.3, -0.25) is 0 Å². The molecule has 0 radical (unpaired) electrons. The molecule has 0 fully saturated rings. The summed E-state index contributed by atoms with van der Waals surface area (Å²) in [4.78, 5) is 3.85. The minimum Gasteiger partial charge on any atom is -0.466 e. The van der Waals surface area contributed by atoms with Crippen LogP contribution in [0.5, 0.6) is 0 Å². The smallest absolute Gasteiger partial charge is 0.242 e. The van der Waals surface area contributed by atoms with Crippen molar-refractivity contribution in [3.63, 3.8) is 0 Å². The molecule has 0 aliphatic rings. The lowest BCUT2D eigenvalue weighted by molar-refractivity contribution is 0.496. The van der Waals surface area contributed by atoms with Gasteiger partial charge in [0.05, 0.1) is 0 Å². The van der Waals surface area contributed by atoms with Crippen molar-refractivity contribution in [2.75, 3.05) is 0 Å². The summed E-state index contributed by atoms with van der Waals surface area (Å²) < 4.78 is 32.4. The summed E-state index contributed by atoms with van der Waals surface area (Å²) >= 11 is 5.65. The Hall–Kier alpha value is -1.37. The highest BCUT2D eigenvalue weighted by Crippen LogP contribution is 2.23. The molecular formula is C13H15ClN2O3S. The Morgan fingerprint density at radius 2 is 2.05 bits per heavy atom. The number of furan rings is 1. The average molecular weight is 315 g/mol. The third-order valence-corrected chi connectivity index (χ3v) is 4.64. The Kier molecular flexibility index (Phi) is 4.17. The molecule has 1 atom stereocenters. The fraction of sp³-hybridized carbons (Fsp3) is 0.308. The molecule has 0 saturated carbocycles. The number of rotatable bonds is 4.